The molecule has 1 heterocycles. The number of aromatic nitrogens is 2. The van der Waals surface area contributed by atoms with E-state index in [9.17, 15) is 4.79 Å². The van der Waals surface area contributed by atoms with Crippen LogP contribution in [0.3, 0.4) is 0 Å². The van der Waals surface area contributed by atoms with Gasteiger partial charge in [-0.25, -0.2) is 4.98 Å². The molecule has 0 atom stereocenters. The SMILES string of the molecule is CCC(C)(C)Cn1c(SCC(=O)O)nc2ccc(C)cc21. The molecule has 21 heavy (non-hydrogen) atoms. The van der Waals surface area contributed by atoms with Crippen LogP contribution in [0.15, 0.2) is 23.4 Å². The molecule has 1 aromatic heterocycles. The number of aryl methyl sites for hydroxylation is 1. The lowest BCUT2D eigenvalue weighted by Crippen LogP contribution is -2.19. The number of fused-ring (bicyclic) bond motifs is 1. The molecule has 4 nitrogen and oxygen atoms in total. The van der Waals surface area contributed by atoms with Crippen LogP contribution < -0.4 is 0 Å². The summed E-state index contributed by atoms with van der Waals surface area (Å²) in [6.45, 7) is 9.52. The number of carboxylic acid groups (broad SMARTS) is 1. The van der Waals surface area contributed by atoms with Gasteiger partial charge >= 0.3 is 5.97 Å². The van der Waals surface area contributed by atoms with E-state index in [1.54, 1.807) is 0 Å². The van der Waals surface area contributed by atoms with Crippen molar-refractivity contribution in [1.82, 2.24) is 9.55 Å². The smallest absolute Gasteiger partial charge is 0.313 e. The van der Waals surface area contributed by atoms with E-state index in [4.69, 9.17) is 5.11 Å². The molecule has 0 aliphatic heterocycles. The van der Waals surface area contributed by atoms with Gasteiger partial charge in [0.25, 0.3) is 0 Å². The van der Waals surface area contributed by atoms with E-state index in [1.165, 1.54) is 17.3 Å². The Morgan fingerprint density at radius 3 is 2.76 bits per heavy atom. The predicted molar refractivity (Wildman–Crippen MR) is 86.9 cm³/mol. The van der Waals surface area contributed by atoms with Crippen LogP contribution in [-0.4, -0.2) is 26.4 Å². The Morgan fingerprint density at radius 2 is 2.14 bits per heavy atom. The summed E-state index contributed by atoms with van der Waals surface area (Å²) in [7, 11) is 0. The number of benzene rings is 1. The normalized spacial score (nSPS) is 12.0. The summed E-state index contributed by atoms with van der Waals surface area (Å²) < 4.78 is 2.17. The maximum Gasteiger partial charge on any atom is 0.313 e. The van der Waals surface area contributed by atoms with E-state index in [-0.39, 0.29) is 11.2 Å². The van der Waals surface area contributed by atoms with Crippen molar-refractivity contribution < 1.29 is 9.90 Å². The summed E-state index contributed by atoms with van der Waals surface area (Å²) in [6, 6.07) is 6.17. The zero-order valence-electron chi connectivity index (χ0n) is 13.0. The van der Waals surface area contributed by atoms with Gasteiger partial charge in [0.1, 0.15) is 0 Å². The molecule has 0 aliphatic rings. The molecule has 0 saturated carbocycles. The Bertz CT molecular complexity index is 662. The zero-order chi connectivity index (χ0) is 15.6. The van der Waals surface area contributed by atoms with Crippen LogP contribution >= 0.6 is 11.8 Å². The molecule has 1 N–H and O–H groups in total. The number of rotatable bonds is 6. The molecule has 2 aromatic rings. The van der Waals surface area contributed by atoms with Crippen LogP contribution in [0.4, 0.5) is 0 Å². The molecular weight excluding hydrogens is 284 g/mol. The minimum atomic E-state index is -0.815. The molecule has 2 rings (SSSR count). The molecule has 114 valence electrons. The number of thioether (sulfide) groups is 1. The quantitative estimate of drug-likeness (QED) is 0.821. The Kier molecular flexibility index (Phi) is 4.61. The van der Waals surface area contributed by atoms with Crippen LogP contribution in [0.2, 0.25) is 0 Å². The first kappa shape index (κ1) is 15.9. The van der Waals surface area contributed by atoms with E-state index in [1.807, 2.05) is 12.1 Å². The molecule has 0 saturated heterocycles. The summed E-state index contributed by atoms with van der Waals surface area (Å²) in [6.07, 6.45) is 1.06. The number of imidazole rings is 1. The van der Waals surface area contributed by atoms with Crippen molar-refractivity contribution in [2.45, 2.75) is 45.8 Å². The largest absolute Gasteiger partial charge is 0.481 e. The second kappa shape index (κ2) is 6.10. The number of carboxylic acids is 1. The molecule has 5 heteroatoms. The number of hydrogen-bond donors (Lipinski definition) is 1. The highest BCUT2D eigenvalue weighted by molar-refractivity contribution is 7.99. The topological polar surface area (TPSA) is 55.1 Å². The average Bonchev–Trinajstić information content (AvgIpc) is 2.74. The molecule has 0 spiro atoms. The van der Waals surface area contributed by atoms with E-state index >= 15 is 0 Å². The fourth-order valence-electron chi connectivity index (χ4n) is 2.14. The lowest BCUT2D eigenvalue weighted by Gasteiger charge is -2.24. The molecule has 1 aromatic carbocycles. The molecule has 0 unspecified atom stereocenters. The number of nitrogens with zero attached hydrogens (tertiary/aromatic N) is 2. The highest BCUT2D eigenvalue weighted by atomic mass is 32.2. The first-order valence-corrected chi connectivity index (χ1v) is 8.12. The van der Waals surface area contributed by atoms with Crippen molar-refractivity contribution in [2.24, 2.45) is 5.41 Å². The predicted octanol–water partition coefficient (Wildman–Crippen LogP) is 3.96. The second-order valence-corrected chi connectivity index (χ2v) is 7.12. The molecule has 0 amide bonds. The highest BCUT2D eigenvalue weighted by Gasteiger charge is 2.21. The molecule has 0 bridgehead atoms. The third-order valence-corrected chi connectivity index (χ3v) is 4.70. The summed E-state index contributed by atoms with van der Waals surface area (Å²) in [4.78, 5) is 15.4. The van der Waals surface area contributed by atoms with Gasteiger partial charge in [-0.1, -0.05) is 38.6 Å². The van der Waals surface area contributed by atoms with Gasteiger partial charge in [0, 0.05) is 6.54 Å². The molecule has 0 aliphatic carbocycles. The van der Waals surface area contributed by atoms with Gasteiger partial charge in [-0.2, -0.15) is 0 Å². The zero-order valence-corrected chi connectivity index (χ0v) is 13.8. The Labute approximate surface area is 129 Å². The minimum absolute atomic E-state index is 0.0366. The molecule has 0 radical (unpaired) electrons. The third kappa shape index (κ3) is 3.79. The Balaban J connectivity index is 2.47. The Hall–Kier alpha value is -1.49. The van der Waals surface area contributed by atoms with Crippen molar-refractivity contribution in [3.8, 4) is 0 Å². The van der Waals surface area contributed by atoms with Crippen molar-refractivity contribution in [3.63, 3.8) is 0 Å². The molecule has 0 fully saturated rings. The summed E-state index contributed by atoms with van der Waals surface area (Å²) in [5, 5.41) is 9.70. The van der Waals surface area contributed by atoms with Crippen LogP contribution in [0.25, 0.3) is 11.0 Å². The van der Waals surface area contributed by atoms with Gasteiger partial charge in [-0.05, 0) is 36.5 Å². The van der Waals surface area contributed by atoms with E-state index in [2.05, 4.69) is 43.3 Å². The van der Waals surface area contributed by atoms with Gasteiger partial charge in [-0.15, -0.1) is 0 Å². The van der Waals surface area contributed by atoms with E-state index in [0.717, 1.165) is 29.2 Å². The van der Waals surface area contributed by atoms with Gasteiger partial charge < -0.3 is 9.67 Å². The average molecular weight is 306 g/mol. The van der Waals surface area contributed by atoms with Crippen LogP contribution in [0, 0.1) is 12.3 Å². The van der Waals surface area contributed by atoms with Gasteiger partial charge in [0.15, 0.2) is 5.16 Å². The van der Waals surface area contributed by atoms with Crippen LogP contribution in [-0.2, 0) is 11.3 Å². The fraction of sp³-hybridized carbons (Fsp3) is 0.500. The van der Waals surface area contributed by atoms with Crippen molar-refractivity contribution in [2.75, 3.05) is 5.75 Å². The summed E-state index contributed by atoms with van der Waals surface area (Å²) in [5.74, 6) is -0.779. The van der Waals surface area contributed by atoms with Crippen molar-refractivity contribution in [1.29, 1.82) is 0 Å². The van der Waals surface area contributed by atoms with Gasteiger partial charge in [0.05, 0.1) is 16.8 Å². The first-order valence-electron chi connectivity index (χ1n) is 7.14. The number of hydrogen-bond acceptors (Lipinski definition) is 3. The first-order chi connectivity index (χ1) is 9.82. The number of aliphatic carboxylic acids is 1. The van der Waals surface area contributed by atoms with E-state index in [0.29, 0.717) is 0 Å². The lowest BCUT2D eigenvalue weighted by molar-refractivity contribution is -0.133. The monoisotopic (exact) mass is 306 g/mol. The highest BCUT2D eigenvalue weighted by Crippen LogP contribution is 2.30. The summed E-state index contributed by atoms with van der Waals surface area (Å²) in [5.41, 5.74) is 3.35. The fourth-order valence-corrected chi connectivity index (χ4v) is 2.87. The van der Waals surface area contributed by atoms with E-state index < -0.39 is 5.97 Å². The third-order valence-electron chi connectivity index (χ3n) is 3.74. The second-order valence-electron chi connectivity index (χ2n) is 6.17. The minimum Gasteiger partial charge on any atom is -0.481 e. The van der Waals surface area contributed by atoms with Crippen LogP contribution in [0.1, 0.15) is 32.8 Å². The van der Waals surface area contributed by atoms with Crippen molar-refractivity contribution >= 4 is 28.8 Å². The summed E-state index contributed by atoms with van der Waals surface area (Å²) >= 11 is 1.29. The Morgan fingerprint density at radius 1 is 1.43 bits per heavy atom. The standard InChI is InChI=1S/C16H22N2O2S/c1-5-16(3,4)10-18-13-8-11(2)6-7-12(13)17-15(18)21-9-14(19)20/h6-8H,5,9-10H2,1-4H3,(H,19,20). The molecular formula is C16H22N2O2S. The maximum atomic E-state index is 10.8. The van der Waals surface area contributed by atoms with Crippen LogP contribution in [0.5, 0.6) is 0 Å². The lowest BCUT2D eigenvalue weighted by atomic mass is 9.90. The van der Waals surface area contributed by atoms with Crippen molar-refractivity contribution in [3.05, 3.63) is 23.8 Å². The van der Waals surface area contributed by atoms with Gasteiger partial charge in [0.2, 0.25) is 0 Å². The number of carbonyl (C=O) groups is 1. The van der Waals surface area contributed by atoms with Gasteiger partial charge in [-0.3, -0.25) is 4.79 Å². The maximum absolute atomic E-state index is 10.8.